The molecule has 0 atom stereocenters. The van der Waals surface area contributed by atoms with Gasteiger partial charge in [0, 0.05) is 23.5 Å². The fourth-order valence-electron chi connectivity index (χ4n) is 2.01. The minimum Gasteiger partial charge on any atom is -0.323 e. The van der Waals surface area contributed by atoms with Crippen molar-refractivity contribution in [2.75, 3.05) is 0 Å². The SMILES string of the molecule is FC(F)(F)c1cnc(Sc2ccccc2-n2cccc2)c(Cl)c1. The van der Waals surface area contributed by atoms with Crippen molar-refractivity contribution < 1.29 is 13.2 Å². The quantitative estimate of drug-likeness (QED) is 0.600. The lowest BCUT2D eigenvalue weighted by Gasteiger charge is -2.12. The average molecular weight is 355 g/mol. The van der Waals surface area contributed by atoms with Crippen LogP contribution in [0.25, 0.3) is 5.69 Å². The molecule has 7 heteroatoms. The zero-order valence-electron chi connectivity index (χ0n) is 11.6. The molecule has 1 aromatic carbocycles. The third-order valence-electron chi connectivity index (χ3n) is 3.09. The van der Waals surface area contributed by atoms with Crippen molar-refractivity contribution in [2.24, 2.45) is 0 Å². The van der Waals surface area contributed by atoms with Crippen molar-refractivity contribution in [3.63, 3.8) is 0 Å². The van der Waals surface area contributed by atoms with Crippen molar-refractivity contribution in [3.8, 4) is 5.69 Å². The molecule has 0 aliphatic carbocycles. The van der Waals surface area contributed by atoms with Gasteiger partial charge in [0.1, 0.15) is 5.03 Å². The first-order valence-electron chi connectivity index (χ1n) is 6.58. The monoisotopic (exact) mass is 354 g/mol. The number of alkyl halides is 3. The molecule has 2 nitrogen and oxygen atoms in total. The Labute approximate surface area is 139 Å². The summed E-state index contributed by atoms with van der Waals surface area (Å²) < 4.78 is 39.9. The van der Waals surface area contributed by atoms with Crippen LogP contribution < -0.4 is 0 Å². The normalized spacial score (nSPS) is 11.7. The summed E-state index contributed by atoms with van der Waals surface area (Å²) >= 11 is 7.20. The van der Waals surface area contributed by atoms with Crippen LogP contribution >= 0.6 is 23.4 Å². The zero-order chi connectivity index (χ0) is 16.4. The van der Waals surface area contributed by atoms with Gasteiger partial charge in [-0.25, -0.2) is 4.98 Å². The van der Waals surface area contributed by atoms with Crippen LogP contribution in [0.2, 0.25) is 5.02 Å². The number of nitrogens with zero attached hydrogens (tertiary/aromatic N) is 2. The number of para-hydroxylation sites is 1. The predicted molar refractivity (Wildman–Crippen MR) is 84.1 cm³/mol. The van der Waals surface area contributed by atoms with E-state index in [1.54, 1.807) is 0 Å². The van der Waals surface area contributed by atoms with Crippen LogP contribution in [0.5, 0.6) is 0 Å². The summed E-state index contributed by atoms with van der Waals surface area (Å²) in [7, 11) is 0. The molecule has 118 valence electrons. The van der Waals surface area contributed by atoms with Gasteiger partial charge in [-0.3, -0.25) is 0 Å². The highest BCUT2D eigenvalue weighted by atomic mass is 35.5. The van der Waals surface area contributed by atoms with Gasteiger partial charge in [-0.2, -0.15) is 13.2 Å². The molecule has 2 aromatic heterocycles. The second-order valence-electron chi connectivity index (χ2n) is 4.67. The first-order valence-corrected chi connectivity index (χ1v) is 7.77. The van der Waals surface area contributed by atoms with E-state index in [-0.39, 0.29) is 5.02 Å². The lowest BCUT2D eigenvalue weighted by atomic mass is 10.3. The molecule has 3 aromatic rings. The largest absolute Gasteiger partial charge is 0.417 e. The van der Waals surface area contributed by atoms with E-state index in [4.69, 9.17) is 11.6 Å². The Morgan fingerprint density at radius 3 is 2.39 bits per heavy atom. The first kappa shape index (κ1) is 16.0. The number of hydrogen-bond donors (Lipinski definition) is 0. The van der Waals surface area contributed by atoms with E-state index >= 15 is 0 Å². The Kier molecular flexibility index (Phi) is 4.37. The summed E-state index contributed by atoms with van der Waals surface area (Å²) in [5, 5.41) is 0.311. The lowest BCUT2D eigenvalue weighted by molar-refractivity contribution is -0.137. The van der Waals surface area contributed by atoms with E-state index in [0.29, 0.717) is 5.03 Å². The minimum atomic E-state index is -4.46. The van der Waals surface area contributed by atoms with Gasteiger partial charge in [0.2, 0.25) is 0 Å². The van der Waals surface area contributed by atoms with E-state index in [1.807, 2.05) is 53.4 Å². The van der Waals surface area contributed by atoms with Crippen LogP contribution in [0.3, 0.4) is 0 Å². The molecule has 0 fully saturated rings. The molecular weight excluding hydrogens is 345 g/mol. The van der Waals surface area contributed by atoms with Crippen LogP contribution in [0.4, 0.5) is 13.2 Å². The lowest BCUT2D eigenvalue weighted by Crippen LogP contribution is -2.05. The number of halogens is 4. The van der Waals surface area contributed by atoms with E-state index < -0.39 is 11.7 Å². The zero-order valence-corrected chi connectivity index (χ0v) is 13.2. The number of aromatic nitrogens is 2. The molecule has 2 heterocycles. The third-order valence-corrected chi connectivity index (χ3v) is 4.57. The molecule has 0 amide bonds. The molecule has 0 N–H and O–H groups in total. The standard InChI is InChI=1S/C16H10ClF3N2S/c17-12-9-11(16(18,19)20)10-21-15(12)23-14-6-2-1-5-13(14)22-7-3-4-8-22/h1-10H. The van der Waals surface area contributed by atoms with Crippen molar-refractivity contribution in [3.05, 3.63) is 71.6 Å². The Bertz CT molecular complexity index is 816. The molecule has 0 spiro atoms. The molecular formula is C16H10ClF3N2S. The molecule has 0 aliphatic heterocycles. The van der Waals surface area contributed by atoms with Crippen LogP contribution in [-0.2, 0) is 6.18 Å². The van der Waals surface area contributed by atoms with Gasteiger partial charge in [0.15, 0.2) is 0 Å². The number of hydrogen-bond acceptors (Lipinski definition) is 2. The van der Waals surface area contributed by atoms with Crippen molar-refractivity contribution in [2.45, 2.75) is 16.1 Å². The maximum atomic E-state index is 12.7. The fourth-order valence-corrected chi connectivity index (χ4v) is 3.19. The predicted octanol–water partition coefficient (Wildman–Crippen LogP) is 5.70. The smallest absolute Gasteiger partial charge is 0.323 e. The van der Waals surface area contributed by atoms with Gasteiger partial charge in [-0.05, 0) is 30.3 Å². The number of rotatable bonds is 3. The maximum absolute atomic E-state index is 12.7. The van der Waals surface area contributed by atoms with Gasteiger partial charge >= 0.3 is 6.18 Å². The van der Waals surface area contributed by atoms with Crippen molar-refractivity contribution >= 4 is 23.4 Å². The van der Waals surface area contributed by atoms with Crippen LogP contribution in [0.15, 0.2) is 71.0 Å². The summed E-state index contributed by atoms with van der Waals surface area (Å²) in [5.74, 6) is 0. The second kappa shape index (κ2) is 6.29. The topological polar surface area (TPSA) is 17.8 Å². The van der Waals surface area contributed by atoms with Gasteiger partial charge in [0.05, 0.1) is 16.3 Å². The molecule has 0 aliphatic rings. The number of benzene rings is 1. The summed E-state index contributed by atoms with van der Waals surface area (Å²) in [6.45, 7) is 0. The van der Waals surface area contributed by atoms with Crippen LogP contribution in [0, 0.1) is 0 Å². The second-order valence-corrected chi connectivity index (χ2v) is 6.11. The average Bonchev–Trinajstić information content (AvgIpc) is 3.03. The fraction of sp³-hybridized carbons (Fsp3) is 0.0625. The van der Waals surface area contributed by atoms with Crippen molar-refractivity contribution in [1.29, 1.82) is 0 Å². The highest BCUT2D eigenvalue weighted by Crippen LogP contribution is 2.38. The summed E-state index contributed by atoms with van der Waals surface area (Å²) in [4.78, 5) is 4.71. The van der Waals surface area contributed by atoms with Gasteiger partial charge in [-0.15, -0.1) is 0 Å². The molecule has 0 saturated carbocycles. The first-order chi connectivity index (χ1) is 10.9. The Morgan fingerprint density at radius 2 is 1.74 bits per heavy atom. The van der Waals surface area contributed by atoms with Crippen LogP contribution in [0.1, 0.15) is 5.56 Å². The third kappa shape index (κ3) is 3.54. The van der Waals surface area contributed by atoms with E-state index in [1.165, 1.54) is 11.8 Å². The van der Waals surface area contributed by atoms with E-state index in [2.05, 4.69) is 4.98 Å². The van der Waals surface area contributed by atoms with Crippen molar-refractivity contribution in [1.82, 2.24) is 9.55 Å². The van der Waals surface area contributed by atoms with Crippen LogP contribution in [-0.4, -0.2) is 9.55 Å². The summed E-state index contributed by atoms with van der Waals surface area (Å²) in [5.41, 5.74) is 0.0470. The minimum absolute atomic E-state index is 0.0212. The Balaban J connectivity index is 1.95. The Hall–Kier alpha value is -1.92. The highest BCUT2D eigenvalue weighted by molar-refractivity contribution is 7.99. The van der Waals surface area contributed by atoms with Gasteiger partial charge < -0.3 is 4.57 Å². The summed E-state index contributed by atoms with van der Waals surface area (Å²) in [6.07, 6.45) is 0.123. The van der Waals surface area contributed by atoms with Gasteiger partial charge in [0.25, 0.3) is 0 Å². The molecule has 0 radical (unpaired) electrons. The highest BCUT2D eigenvalue weighted by Gasteiger charge is 2.31. The number of pyridine rings is 1. The Morgan fingerprint density at radius 1 is 1.04 bits per heavy atom. The molecule has 3 rings (SSSR count). The molecule has 23 heavy (non-hydrogen) atoms. The van der Waals surface area contributed by atoms with E-state index in [0.717, 1.165) is 22.8 Å². The summed E-state index contributed by atoms with van der Waals surface area (Å²) in [6, 6.07) is 12.2. The molecule has 0 bridgehead atoms. The van der Waals surface area contributed by atoms with Gasteiger partial charge in [-0.1, -0.05) is 35.5 Å². The molecule has 0 unspecified atom stereocenters. The van der Waals surface area contributed by atoms with E-state index in [9.17, 15) is 13.2 Å². The maximum Gasteiger partial charge on any atom is 0.417 e. The molecule has 0 saturated heterocycles.